The zero-order valence-corrected chi connectivity index (χ0v) is 24.5. The fourth-order valence-electron chi connectivity index (χ4n) is 5.06. The normalized spacial score (nSPS) is 19.0. The highest BCUT2D eigenvalue weighted by Gasteiger charge is 2.44. The van der Waals surface area contributed by atoms with Gasteiger partial charge in [-0.2, -0.15) is 0 Å². The number of benzene rings is 3. The first kappa shape index (κ1) is 29.3. The summed E-state index contributed by atoms with van der Waals surface area (Å²) in [6.07, 6.45) is 1.71. The maximum Gasteiger partial charge on any atom is 0.332 e. The van der Waals surface area contributed by atoms with Crippen molar-refractivity contribution in [3.8, 4) is 0 Å². The minimum atomic E-state index is -3.61. The smallest absolute Gasteiger partial charge is 0.332 e. The standard InChI is InChI=1S/C31H37NO5S2/c1-30(2,3)37-28(33)22-36-29(39(4,34)35)27-20-26(21-32-27)38-31(23-14-8-5-9-15-23,24-16-10-6-11-17-24)25-18-12-7-13-19-25/h5-19,26-27,29,32H,20-22H2,1-4H3/t26-,27+,29?/m1/s1. The molecule has 3 aromatic rings. The van der Waals surface area contributed by atoms with E-state index in [1.807, 2.05) is 30.0 Å². The van der Waals surface area contributed by atoms with E-state index in [0.29, 0.717) is 13.0 Å². The molecule has 208 valence electrons. The van der Waals surface area contributed by atoms with Crippen molar-refractivity contribution in [3.05, 3.63) is 108 Å². The van der Waals surface area contributed by atoms with Crippen molar-refractivity contribution in [1.82, 2.24) is 5.32 Å². The molecular weight excluding hydrogens is 530 g/mol. The number of sulfone groups is 1. The van der Waals surface area contributed by atoms with Crippen LogP contribution in [0.25, 0.3) is 0 Å². The van der Waals surface area contributed by atoms with E-state index >= 15 is 0 Å². The fourth-order valence-corrected chi connectivity index (χ4v) is 7.98. The molecule has 0 radical (unpaired) electrons. The zero-order chi connectivity index (χ0) is 28.1. The molecule has 0 aliphatic carbocycles. The second-order valence-corrected chi connectivity index (χ2v) is 14.5. The van der Waals surface area contributed by atoms with Gasteiger partial charge < -0.3 is 14.8 Å². The third-order valence-electron chi connectivity index (χ3n) is 6.54. The average Bonchev–Trinajstić information content (AvgIpc) is 3.35. The SMILES string of the molecule is CC(C)(C)OC(=O)COC([C@@H]1C[C@@H](SC(c2ccccc2)(c2ccccc2)c2ccccc2)CN1)S(C)(=O)=O. The summed E-state index contributed by atoms with van der Waals surface area (Å²) in [4.78, 5) is 12.3. The van der Waals surface area contributed by atoms with Gasteiger partial charge in [0.1, 0.15) is 12.2 Å². The van der Waals surface area contributed by atoms with E-state index < -0.39 is 44.2 Å². The first-order valence-electron chi connectivity index (χ1n) is 13.1. The Kier molecular flexibility index (Phi) is 9.21. The lowest BCUT2D eigenvalue weighted by molar-refractivity contribution is -0.161. The Morgan fingerprint density at radius 2 is 1.36 bits per heavy atom. The van der Waals surface area contributed by atoms with Crippen LogP contribution in [0.2, 0.25) is 0 Å². The van der Waals surface area contributed by atoms with Crippen molar-refractivity contribution in [1.29, 1.82) is 0 Å². The Morgan fingerprint density at radius 3 is 1.77 bits per heavy atom. The molecule has 1 saturated heterocycles. The van der Waals surface area contributed by atoms with Gasteiger partial charge in [-0.15, -0.1) is 11.8 Å². The van der Waals surface area contributed by atoms with E-state index in [-0.39, 0.29) is 5.25 Å². The number of ether oxygens (including phenoxy) is 2. The molecule has 0 amide bonds. The third kappa shape index (κ3) is 7.31. The van der Waals surface area contributed by atoms with E-state index in [1.165, 1.54) is 0 Å². The number of hydrogen-bond donors (Lipinski definition) is 1. The van der Waals surface area contributed by atoms with Crippen LogP contribution in [0.4, 0.5) is 0 Å². The predicted octanol–water partition coefficient (Wildman–Crippen LogP) is 5.17. The van der Waals surface area contributed by atoms with Crippen LogP contribution < -0.4 is 5.32 Å². The van der Waals surface area contributed by atoms with Crippen molar-refractivity contribution < 1.29 is 22.7 Å². The molecule has 1 aliphatic heterocycles. The molecule has 1 unspecified atom stereocenters. The van der Waals surface area contributed by atoms with E-state index in [1.54, 1.807) is 20.8 Å². The van der Waals surface area contributed by atoms with E-state index in [4.69, 9.17) is 9.47 Å². The summed E-state index contributed by atoms with van der Waals surface area (Å²) in [5.74, 6) is -0.587. The molecule has 3 aromatic carbocycles. The molecule has 1 fully saturated rings. The Labute approximate surface area is 236 Å². The Bertz CT molecular complexity index is 1230. The molecule has 1 aliphatic rings. The minimum Gasteiger partial charge on any atom is -0.458 e. The quantitative estimate of drug-likeness (QED) is 0.267. The summed E-state index contributed by atoms with van der Waals surface area (Å²) < 4.78 is 36.0. The number of nitrogens with one attached hydrogen (secondary N) is 1. The lowest BCUT2D eigenvalue weighted by Crippen LogP contribution is -2.43. The number of thioether (sulfide) groups is 1. The molecular formula is C31H37NO5S2. The Morgan fingerprint density at radius 1 is 0.897 bits per heavy atom. The summed E-state index contributed by atoms with van der Waals surface area (Å²) in [6.45, 7) is 5.46. The van der Waals surface area contributed by atoms with Crippen molar-refractivity contribution in [3.63, 3.8) is 0 Å². The molecule has 0 aromatic heterocycles. The first-order valence-corrected chi connectivity index (χ1v) is 15.9. The Hall–Kier alpha value is -2.65. The second-order valence-electron chi connectivity index (χ2n) is 10.9. The number of carbonyl (C=O) groups excluding carboxylic acids is 1. The molecule has 0 spiro atoms. The molecule has 39 heavy (non-hydrogen) atoms. The van der Waals surface area contributed by atoms with Gasteiger partial charge in [0.25, 0.3) is 0 Å². The largest absolute Gasteiger partial charge is 0.458 e. The first-order chi connectivity index (χ1) is 18.5. The lowest BCUT2D eigenvalue weighted by Gasteiger charge is -2.37. The zero-order valence-electron chi connectivity index (χ0n) is 22.9. The summed E-state index contributed by atoms with van der Waals surface area (Å²) in [5.41, 5.74) is 1.62. The maximum absolute atomic E-state index is 12.7. The van der Waals surface area contributed by atoms with Gasteiger partial charge in [-0.05, 0) is 43.9 Å². The maximum atomic E-state index is 12.7. The van der Waals surface area contributed by atoms with Gasteiger partial charge in [-0.3, -0.25) is 0 Å². The molecule has 0 bridgehead atoms. The van der Waals surface area contributed by atoms with Crippen LogP contribution in [0, 0.1) is 0 Å². The van der Waals surface area contributed by atoms with E-state index in [0.717, 1.165) is 22.9 Å². The molecule has 8 heteroatoms. The topological polar surface area (TPSA) is 81.7 Å². The molecule has 3 atom stereocenters. The van der Waals surface area contributed by atoms with Gasteiger partial charge in [0.2, 0.25) is 0 Å². The summed E-state index contributed by atoms with van der Waals surface area (Å²) in [5, 5.41) is 3.46. The minimum absolute atomic E-state index is 0.0741. The van der Waals surface area contributed by atoms with E-state index in [9.17, 15) is 13.2 Å². The van der Waals surface area contributed by atoms with Crippen LogP contribution in [0.1, 0.15) is 43.9 Å². The molecule has 1 N–H and O–H groups in total. The predicted molar refractivity (Wildman–Crippen MR) is 157 cm³/mol. The van der Waals surface area contributed by atoms with Crippen LogP contribution in [-0.2, 0) is 28.9 Å². The number of esters is 1. The van der Waals surface area contributed by atoms with Crippen LogP contribution >= 0.6 is 11.8 Å². The highest BCUT2D eigenvalue weighted by atomic mass is 32.2. The average molecular weight is 568 g/mol. The van der Waals surface area contributed by atoms with Gasteiger partial charge in [-0.1, -0.05) is 91.0 Å². The van der Waals surface area contributed by atoms with E-state index in [2.05, 4.69) is 78.1 Å². The van der Waals surface area contributed by atoms with Gasteiger partial charge in [0, 0.05) is 24.1 Å². The third-order valence-corrected chi connectivity index (χ3v) is 9.61. The molecule has 0 saturated carbocycles. The second kappa shape index (κ2) is 12.3. The van der Waals surface area contributed by atoms with Gasteiger partial charge in [-0.25, -0.2) is 13.2 Å². The van der Waals surface area contributed by atoms with Gasteiger partial charge in [0.05, 0.1) is 4.75 Å². The van der Waals surface area contributed by atoms with Crippen molar-refractivity contribution >= 4 is 27.6 Å². The van der Waals surface area contributed by atoms with Gasteiger partial charge in [0.15, 0.2) is 15.3 Å². The highest BCUT2D eigenvalue weighted by molar-refractivity contribution is 8.01. The highest BCUT2D eigenvalue weighted by Crippen LogP contribution is 2.51. The lowest BCUT2D eigenvalue weighted by atomic mass is 9.84. The van der Waals surface area contributed by atoms with Crippen LogP contribution in [0.15, 0.2) is 91.0 Å². The molecule has 1 heterocycles. The Balaban J connectivity index is 1.63. The van der Waals surface area contributed by atoms with Crippen molar-refractivity contribution in [2.75, 3.05) is 19.4 Å². The fraction of sp³-hybridized carbons (Fsp3) is 0.387. The van der Waals surface area contributed by atoms with Crippen molar-refractivity contribution in [2.24, 2.45) is 0 Å². The van der Waals surface area contributed by atoms with Crippen molar-refractivity contribution in [2.45, 2.75) is 54.3 Å². The van der Waals surface area contributed by atoms with Crippen LogP contribution in [0.5, 0.6) is 0 Å². The number of rotatable bonds is 10. The van der Waals surface area contributed by atoms with Crippen LogP contribution in [-0.4, -0.2) is 56.1 Å². The summed E-state index contributed by atoms with van der Waals surface area (Å²) in [6, 6.07) is 30.8. The monoisotopic (exact) mass is 567 g/mol. The number of hydrogen-bond acceptors (Lipinski definition) is 7. The summed E-state index contributed by atoms with van der Waals surface area (Å²) in [7, 11) is -3.61. The van der Waals surface area contributed by atoms with Crippen LogP contribution in [0.3, 0.4) is 0 Å². The molecule has 4 rings (SSSR count). The molecule has 6 nitrogen and oxygen atoms in total. The number of carbonyl (C=O) groups is 1. The summed E-state index contributed by atoms with van der Waals surface area (Å²) >= 11 is 1.82. The van der Waals surface area contributed by atoms with Gasteiger partial charge >= 0.3 is 5.97 Å².